The number of rotatable bonds is 2. The van der Waals surface area contributed by atoms with Gasteiger partial charge in [0.15, 0.2) is 0 Å². The lowest BCUT2D eigenvalue weighted by Gasteiger charge is -2.04. The van der Waals surface area contributed by atoms with Gasteiger partial charge in [0.2, 0.25) is 0 Å². The van der Waals surface area contributed by atoms with Crippen LogP contribution in [0, 0.1) is 6.92 Å². The molecule has 0 fully saturated rings. The topological polar surface area (TPSA) is 47.3 Å². The second kappa shape index (κ2) is 5.47. The number of hydrogen-bond donors (Lipinski definition) is 0. The SMILES string of the molecule is Cc1cccc(S(=O)c2cc3cc(Cl)ccc3oc2=O)c1. The molecule has 0 N–H and O–H groups in total. The normalized spacial score (nSPS) is 12.5. The third-order valence-electron chi connectivity index (χ3n) is 3.07. The third-order valence-corrected chi connectivity index (χ3v) is 4.67. The highest BCUT2D eigenvalue weighted by Gasteiger charge is 2.14. The Morgan fingerprint density at radius 1 is 1.10 bits per heavy atom. The van der Waals surface area contributed by atoms with E-state index in [9.17, 15) is 9.00 Å². The first-order valence-corrected chi connectivity index (χ1v) is 7.79. The van der Waals surface area contributed by atoms with Gasteiger partial charge in [0.05, 0.1) is 10.8 Å². The van der Waals surface area contributed by atoms with E-state index >= 15 is 0 Å². The highest BCUT2D eigenvalue weighted by molar-refractivity contribution is 7.85. The monoisotopic (exact) mass is 318 g/mol. The maximum Gasteiger partial charge on any atom is 0.353 e. The molecule has 5 heteroatoms. The van der Waals surface area contributed by atoms with E-state index in [0.717, 1.165) is 5.56 Å². The largest absolute Gasteiger partial charge is 0.422 e. The molecular formula is C16H11ClO3S. The summed E-state index contributed by atoms with van der Waals surface area (Å²) in [4.78, 5) is 12.7. The van der Waals surface area contributed by atoms with Gasteiger partial charge >= 0.3 is 5.63 Å². The third kappa shape index (κ3) is 2.77. The minimum Gasteiger partial charge on any atom is -0.422 e. The fourth-order valence-corrected chi connectivity index (χ4v) is 3.42. The predicted molar refractivity (Wildman–Crippen MR) is 83.3 cm³/mol. The maximum absolute atomic E-state index is 12.6. The molecule has 106 valence electrons. The van der Waals surface area contributed by atoms with Crippen molar-refractivity contribution in [3.63, 3.8) is 0 Å². The molecule has 0 aliphatic heterocycles. The fraction of sp³-hybridized carbons (Fsp3) is 0.0625. The van der Waals surface area contributed by atoms with Crippen molar-refractivity contribution in [3.8, 4) is 0 Å². The van der Waals surface area contributed by atoms with Crippen molar-refractivity contribution >= 4 is 33.4 Å². The van der Waals surface area contributed by atoms with E-state index in [4.69, 9.17) is 16.0 Å². The van der Waals surface area contributed by atoms with Crippen molar-refractivity contribution in [2.75, 3.05) is 0 Å². The van der Waals surface area contributed by atoms with Crippen molar-refractivity contribution in [1.29, 1.82) is 0 Å². The summed E-state index contributed by atoms with van der Waals surface area (Å²) in [6.07, 6.45) is 0. The summed E-state index contributed by atoms with van der Waals surface area (Å²) in [6, 6.07) is 13.7. The van der Waals surface area contributed by atoms with Gasteiger partial charge in [0, 0.05) is 15.3 Å². The van der Waals surface area contributed by atoms with E-state index in [1.807, 2.05) is 19.1 Å². The number of halogens is 1. The van der Waals surface area contributed by atoms with Crippen molar-refractivity contribution in [1.82, 2.24) is 0 Å². The summed E-state index contributed by atoms with van der Waals surface area (Å²) in [6.45, 7) is 1.91. The van der Waals surface area contributed by atoms with Gasteiger partial charge in [-0.25, -0.2) is 9.00 Å². The summed E-state index contributed by atoms with van der Waals surface area (Å²) >= 11 is 5.93. The van der Waals surface area contributed by atoms with Crippen molar-refractivity contribution in [2.45, 2.75) is 16.7 Å². The zero-order valence-corrected chi connectivity index (χ0v) is 12.7. The smallest absolute Gasteiger partial charge is 0.353 e. The molecule has 1 heterocycles. The van der Waals surface area contributed by atoms with E-state index in [0.29, 0.717) is 20.9 Å². The van der Waals surface area contributed by atoms with Crippen LogP contribution in [0.2, 0.25) is 5.02 Å². The molecule has 3 nitrogen and oxygen atoms in total. The quantitative estimate of drug-likeness (QED) is 0.673. The van der Waals surface area contributed by atoms with Gasteiger partial charge in [-0.2, -0.15) is 0 Å². The van der Waals surface area contributed by atoms with E-state index in [2.05, 4.69) is 0 Å². The molecule has 3 rings (SSSR count). The van der Waals surface area contributed by atoms with Gasteiger partial charge in [0.25, 0.3) is 0 Å². The van der Waals surface area contributed by atoms with Gasteiger partial charge < -0.3 is 4.42 Å². The Kier molecular flexibility index (Phi) is 3.66. The van der Waals surface area contributed by atoms with E-state index in [1.165, 1.54) is 0 Å². The molecule has 0 aliphatic carbocycles. The molecule has 1 unspecified atom stereocenters. The van der Waals surface area contributed by atoms with Gasteiger partial charge in [0.1, 0.15) is 10.5 Å². The first-order chi connectivity index (χ1) is 10.0. The first kappa shape index (κ1) is 14.0. The summed E-state index contributed by atoms with van der Waals surface area (Å²) < 4.78 is 17.8. The summed E-state index contributed by atoms with van der Waals surface area (Å²) in [7, 11) is -1.58. The van der Waals surface area contributed by atoms with Crippen molar-refractivity contribution < 1.29 is 8.63 Å². The second-order valence-corrected chi connectivity index (χ2v) is 6.55. The fourth-order valence-electron chi connectivity index (χ4n) is 2.06. The van der Waals surface area contributed by atoms with E-state index in [-0.39, 0.29) is 4.90 Å². The Labute approximate surface area is 128 Å². The van der Waals surface area contributed by atoms with Gasteiger partial charge in [-0.05, 0) is 48.9 Å². The lowest BCUT2D eigenvalue weighted by Crippen LogP contribution is -2.09. The van der Waals surface area contributed by atoms with Crippen LogP contribution >= 0.6 is 11.6 Å². The Morgan fingerprint density at radius 3 is 2.67 bits per heavy atom. The van der Waals surface area contributed by atoms with Crippen LogP contribution in [0.15, 0.2) is 67.5 Å². The molecule has 1 atom stereocenters. The molecule has 1 aromatic heterocycles. The highest BCUT2D eigenvalue weighted by Crippen LogP contribution is 2.22. The van der Waals surface area contributed by atoms with Crippen LogP contribution < -0.4 is 5.63 Å². The number of hydrogen-bond acceptors (Lipinski definition) is 3. The molecule has 0 spiro atoms. The highest BCUT2D eigenvalue weighted by atomic mass is 35.5. The zero-order valence-electron chi connectivity index (χ0n) is 11.1. The van der Waals surface area contributed by atoms with E-state index in [1.54, 1.807) is 36.4 Å². The van der Waals surface area contributed by atoms with Crippen LogP contribution in [0.5, 0.6) is 0 Å². The zero-order chi connectivity index (χ0) is 15.0. The summed E-state index contributed by atoms with van der Waals surface area (Å²) in [5, 5.41) is 1.18. The number of aryl methyl sites for hydroxylation is 1. The molecule has 3 aromatic rings. The van der Waals surface area contributed by atoms with Gasteiger partial charge in [-0.15, -0.1) is 0 Å². The molecule has 0 saturated carbocycles. The maximum atomic E-state index is 12.6. The molecular weight excluding hydrogens is 308 g/mol. The van der Waals surface area contributed by atoms with Crippen LogP contribution in [0.4, 0.5) is 0 Å². The Balaban J connectivity index is 2.17. The van der Waals surface area contributed by atoms with Crippen LogP contribution in [-0.2, 0) is 10.8 Å². The Morgan fingerprint density at radius 2 is 1.90 bits per heavy atom. The average Bonchev–Trinajstić information content (AvgIpc) is 2.46. The molecule has 2 aromatic carbocycles. The van der Waals surface area contributed by atoms with Crippen LogP contribution in [0.3, 0.4) is 0 Å². The predicted octanol–water partition coefficient (Wildman–Crippen LogP) is 3.92. The lowest BCUT2D eigenvalue weighted by atomic mass is 10.2. The van der Waals surface area contributed by atoms with Crippen molar-refractivity contribution in [3.05, 3.63) is 69.5 Å². The van der Waals surface area contributed by atoms with Crippen LogP contribution in [-0.4, -0.2) is 4.21 Å². The Bertz CT molecular complexity index is 915. The molecule has 0 saturated heterocycles. The minimum atomic E-state index is -1.58. The molecule has 0 amide bonds. The van der Waals surface area contributed by atoms with E-state index < -0.39 is 16.4 Å². The van der Waals surface area contributed by atoms with Gasteiger partial charge in [-0.1, -0.05) is 23.7 Å². The summed E-state index contributed by atoms with van der Waals surface area (Å²) in [5.74, 6) is 0. The molecule has 0 bridgehead atoms. The van der Waals surface area contributed by atoms with Crippen LogP contribution in [0.25, 0.3) is 11.0 Å². The van der Waals surface area contributed by atoms with Crippen LogP contribution in [0.1, 0.15) is 5.56 Å². The molecule has 0 aliphatic rings. The number of fused-ring (bicyclic) bond motifs is 1. The summed E-state index contributed by atoms with van der Waals surface area (Å²) in [5.41, 5.74) is 0.813. The average molecular weight is 319 g/mol. The lowest BCUT2D eigenvalue weighted by molar-refractivity contribution is 0.541. The first-order valence-electron chi connectivity index (χ1n) is 6.26. The molecule has 21 heavy (non-hydrogen) atoms. The standard InChI is InChI=1S/C16H11ClO3S/c1-10-3-2-4-13(7-10)21(19)15-9-11-8-12(17)5-6-14(11)20-16(15)18/h2-9H,1H3. The van der Waals surface area contributed by atoms with Crippen molar-refractivity contribution in [2.24, 2.45) is 0 Å². The Hall–Kier alpha value is -1.91. The number of benzene rings is 2. The second-order valence-electron chi connectivity index (χ2n) is 4.67. The molecule has 0 radical (unpaired) electrons. The van der Waals surface area contributed by atoms with Gasteiger partial charge in [-0.3, -0.25) is 0 Å². The minimum absolute atomic E-state index is 0.121.